The van der Waals surface area contributed by atoms with Crippen molar-refractivity contribution in [2.75, 3.05) is 54.1 Å². The van der Waals surface area contributed by atoms with E-state index in [-0.39, 0.29) is 62.4 Å². The Bertz CT molecular complexity index is 2510. The average molecular weight is 923 g/mol. The van der Waals surface area contributed by atoms with Crippen LogP contribution in [-0.4, -0.2) is 130 Å². The summed E-state index contributed by atoms with van der Waals surface area (Å²) < 4.78 is 20.3. The topological polar surface area (TPSA) is 160 Å². The number of esters is 1. The molecule has 6 heterocycles. The molecule has 3 amide bonds. The summed E-state index contributed by atoms with van der Waals surface area (Å²) >= 11 is 1.45. The van der Waals surface area contributed by atoms with Gasteiger partial charge in [-0.1, -0.05) is 32.8 Å². The van der Waals surface area contributed by atoms with Crippen molar-refractivity contribution in [1.82, 2.24) is 40.1 Å². The first-order chi connectivity index (χ1) is 31.4. The van der Waals surface area contributed by atoms with Crippen LogP contribution in [0.2, 0.25) is 0 Å². The second-order valence-corrected chi connectivity index (χ2v) is 20.2. The number of ether oxygens (including phenoxy) is 3. The number of thiazole rings is 1. The van der Waals surface area contributed by atoms with E-state index in [1.54, 1.807) is 18.2 Å². The Hall–Kier alpha value is -5.18. The maximum atomic E-state index is 14.8. The lowest BCUT2D eigenvalue weighted by molar-refractivity contribution is -0.157. The van der Waals surface area contributed by atoms with E-state index in [2.05, 4.69) is 72.2 Å². The molecule has 2 N–H and O–H groups in total. The highest BCUT2D eigenvalue weighted by atomic mass is 32.1. The number of carbonyl (C=O) groups excluding carboxylic acids is 4. The van der Waals surface area contributed by atoms with Crippen LogP contribution in [0, 0.1) is 17.3 Å². The number of nitrogens with zero attached hydrogens (tertiary/aromatic N) is 6. The highest BCUT2D eigenvalue weighted by Crippen LogP contribution is 2.42. The number of amides is 3. The number of fused-ring (bicyclic) bond motifs is 6. The third-order valence-corrected chi connectivity index (χ3v) is 14.2. The molecule has 1 unspecified atom stereocenters. The molecule has 3 atom stereocenters. The number of hydrazine groups is 1. The van der Waals surface area contributed by atoms with Gasteiger partial charge in [0.05, 0.1) is 59.5 Å². The van der Waals surface area contributed by atoms with Gasteiger partial charge in [0.25, 0.3) is 11.8 Å². The first kappa shape index (κ1) is 48.7. The van der Waals surface area contributed by atoms with Crippen LogP contribution in [0.15, 0.2) is 41.9 Å². The van der Waals surface area contributed by atoms with Gasteiger partial charge >= 0.3 is 5.97 Å². The fourth-order valence-electron chi connectivity index (χ4n) is 8.78. The number of likely N-dealkylation sites (tertiary alicyclic amines) is 1. The van der Waals surface area contributed by atoms with Crippen molar-refractivity contribution < 1.29 is 33.4 Å². The smallest absolute Gasteiger partial charge is 0.324 e. The highest BCUT2D eigenvalue weighted by molar-refractivity contribution is 7.10. The van der Waals surface area contributed by atoms with Crippen LogP contribution in [0.4, 0.5) is 0 Å². The molecule has 1 aromatic carbocycles. The molecule has 2 fully saturated rings. The molecule has 354 valence electrons. The zero-order valence-corrected chi connectivity index (χ0v) is 41.0. The number of aryl methyl sites for hydroxylation is 1. The molecule has 6 bridgehead atoms. The second kappa shape index (κ2) is 20.0. The standard InChI is InChI=1S/C50H66N8O7S/c1-11-50(53-41(59)20-24-64-34-28-56(29-34)43(60)19-21-49(6,7)55(8)9)27-42-52-39(30-66-42)33-17-18-40-36(25-33)37(45(57(40)12-2)35-15-13-22-51-44(35)32(3)63-10)26-48(4,5)31-65-46(61)38-16-14-23-58(54-38)47(50)62/h13,15,17-18,22,25,30,32,34,38,54H,11-12,14,16,20,23-24,26-29,31H2,1-10H3,(H,53,59)/t32-,38-,50?/m0/s1. The fraction of sp³-hybridized carbons (Fsp3) is 0.560. The predicted octanol–water partition coefficient (Wildman–Crippen LogP) is 5.94. The first-order valence-electron chi connectivity index (χ1n) is 23.1. The molecule has 3 aromatic heterocycles. The van der Waals surface area contributed by atoms with Crippen molar-refractivity contribution in [3.05, 3.63) is 58.2 Å². The number of nitrogens with one attached hydrogen (secondary N) is 2. The van der Waals surface area contributed by atoms with E-state index in [0.717, 1.165) is 44.7 Å². The summed E-state index contributed by atoms with van der Waals surface area (Å²) in [6, 6.07) is 9.72. The van der Waals surface area contributed by atoms with Gasteiger partial charge in [-0.3, -0.25) is 34.1 Å². The van der Waals surface area contributed by atoms with Crippen LogP contribution in [0.25, 0.3) is 33.4 Å². The van der Waals surface area contributed by atoms with Crippen molar-refractivity contribution in [2.45, 2.75) is 123 Å². The summed E-state index contributed by atoms with van der Waals surface area (Å²) in [5, 5.41) is 8.35. The summed E-state index contributed by atoms with van der Waals surface area (Å²) in [6.45, 7) is 16.2. The van der Waals surface area contributed by atoms with Crippen molar-refractivity contribution in [3.63, 3.8) is 0 Å². The van der Waals surface area contributed by atoms with Gasteiger partial charge in [-0.25, -0.2) is 10.4 Å². The van der Waals surface area contributed by atoms with Crippen LogP contribution in [0.1, 0.15) is 96.5 Å². The van der Waals surface area contributed by atoms with Crippen LogP contribution >= 0.6 is 11.3 Å². The van der Waals surface area contributed by atoms with Gasteiger partial charge in [0, 0.05) is 78.7 Å². The molecule has 3 aliphatic heterocycles. The van der Waals surface area contributed by atoms with Gasteiger partial charge in [0.15, 0.2) is 0 Å². The number of benzene rings is 1. The fourth-order valence-corrected chi connectivity index (χ4v) is 9.70. The largest absolute Gasteiger partial charge is 0.464 e. The molecule has 0 radical (unpaired) electrons. The van der Waals surface area contributed by atoms with E-state index in [0.29, 0.717) is 50.4 Å². The minimum atomic E-state index is -1.39. The zero-order chi connectivity index (χ0) is 47.6. The Morgan fingerprint density at radius 3 is 2.64 bits per heavy atom. The molecule has 3 aliphatic rings. The van der Waals surface area contributed by atoms with E-state index < -0.39 is 28.5 Å². The molecule has 0 saturated carbocycles. The number of rotatable bonds is 11. The second-order valence-electron chi connectivity index (χ2n) is 19.3. The molecule has 0 spiro atoms. The molecule has 66 heavy (non-hydrogen) atoms. The van der Waals surface area contributed by atoms with Crippen LogP contribution in [0.3, 0.4) is 0 Å². The molecule has 0 aliphatic carbocycles. The van der Waals surface area contributed by atoms with Crippen LogP contribution in [-0.2, 0) is 52.8 Å². The molecule has 7 rings (SSSR count). The Balaban J connectivity index is 1.18. The van der Waals surface area contributed by atoms with Gasteiger partial charge in [-0.05, 0) is 103 Å². The van der Waals surface area contributed by atoms with Gasteiger partial charge in [-0.15, -0.1) is 11.3 Å². The number of hydrogen-bond acceptors (Lipinski definition) is 12. The summed E-state index contributed by atoms with van der Waals surface area (Å²) in [7, 11) is 5.52. The van der Waals surface area contributed by atoms with E-state index in [4.69, 9.17) is 24.2 Å². The molecular weight excluding hydrogens is 857 g/mol. The first-order valence-corrected chi connectivity index (χ1v) is 24.0. The number of hydrogen-bond donors (Lipinski definition) is 2. The van der Waals surface area contributed by atoms with Crippen molar-refractivity contribution >= 4 is 45.9 Å². The maximum absolute atomic E-state index is 14.8. The predicted molar refractivity (Wildman–Crippen MR) is 255 cm³/mol. The van der Waals surface area contributed by atoms with Gasteiger partial charge in [0.1, 0.15) is 11.6 Å². The minimum Gasteiger partial charge on any atom is -0.464 e. The lowest BCUT2D eigenvalue weighted by Crippen LogP contribution is -2.66. The summed E-state index contributed by atoms with van der Waals surface area (Å²) in [5.41, 5.74) is 7.62. The van der Waals surface area contributed by atoms with Gasteiger partial charge in [0.2, 0.25) is 5.91 Å². The monoisotopic (exact) mass is 922 g/mol. The van der Waals surface area contributed by atoms with Crippen molar-refractivity contribution in [3.8, 4) is 34.4 Å². The zero-order valence-electron chi connectivity index (χ0n) is 40.2. The number of carbonyl (C=O) groups is 4. The Morgan fingerprint density at radius 1 is 1.15 bits per heavy atom. The summed E-state index contributed by atoms with van der Waals surface area (Å²) in [4.78, 5) is 68.8. The van der Waals surface area contributed by atoms with E-state index in [1.807, 2.05) is 58.1 Å². The maximum Gasteiger partial charge on any atom is 0.324 e. The van der Waals surface area contributed by atoms with Crippen LogP contribution < -0.4 is 10.7 Å². The Labute approximate surface area is 392 Å². The number of aromatic nitrogens is 3. The van der Waals surface area contributed by atoms with E-state index in [9.17, 15) is 19.2 Å². The van der Waals surface area contributed by atoms with Crippen molar-refractivity contribution in [1.29, 1.82) is 0 Å². The van der Waals surface area contributed by atoms with Crippen LogP contribution in [0.5, 0.6) is 0 Å². The summed E-state index contributed by atoms with van der Waals surface area (Å²) in [6.07, 6.45) is 3.39. The van der Waals surface area contributed by atoms with E-state index in [1.165, 1.54) is 16.3 Å². The van der Waals surface area contributed by atoms with Crippen molar-refractivity contribution in [2.24, 2.45) is 5.41 Å². The van der Waals surface area contributed by atoms with Gasteiger partial charge in [-0.2, -0.15) is 0 Å². The lowest BCUT2D eigenvalue weighted by Gasteiger charge is -2.40. The number of methoxy groups -OCH3 is 1. The third-order valence-electron chi connectivity index (χ3n) is 13.4. The third kappa shape index (κ3) is 10.4. The average Bonchev–Trinajstić information content (AvgIpc) is 3.88. The number of pyridine rings is 1. The van der Waals surface area contributed by atoms with Gasteiger partial charge < -0.3 is 29.0 Å². The molecule has 2 saturated heterocycles. The quantitative estimate of drug-likeness (QED) is 0.135. The molecular formula is C50H66N8O7S. The summed E-state index contributed by atoms with van der Waals surface area (Å²) in [5.74, 6) is 4.39. The normalized spacial score (nSPS) is 20.9. The SMILES string of the molecule is CCn1c(-c2cccnc2[C@H](C)OC)c2c3cc(ccc31)-c1csc(n1)CC(CC)(NC(=O)CCOC1CN(C(=O)C#CC(C)(C)N(C)C)C1)C(=O)N1CCC[C@H](N1)C(=O)OCC(C)(C)C2. The molecule has 16 heteroatoms. The molecule has 4 aromatic rings. The highest BCUT2D eigenvalue weighted by Gasteiger charge is 2.45. The number of cyclic esters (lactones) is 1. The minimum absolute atomic E-state index is 0.00422. The Kier molecular flexibility index (Phi) is 14.7. The lowest BCUT2D eigenvalue weighted by atomic mass is 9.84. The molecule has 15 nitrogen and oxygen atoms in total. The Morgan fingerprint density at radius 2 is 1.92 bits per heavy atom. The van der Waals surface area contributed by atoms with E-state index >= 15 is 0 Å².